The van der Waals surface area contributed by atoms with Gasteiger partial charge in [0.25, 0.3) is 5.91 Å². The van der Waals surface area contributed by atoms with Gasteiger partial charge in [-0.2, -0.15) is 5.10 Å². The number of aryl methyl sites for hydroxylation is 2. The van der Waals surface area contributed by atoms with Gasteiger partial charge in [-0.25, -0.2) is 4.79 Å². The minimum absolute atomic E-state index is 0.309. The molecule has 0 spiro atoms. The molecule has 0 saturated heterocycles. The number of hydrogen-bond acceptors (Lipinski definition) is 3. The number of carbonyl (C=O) groups is 1. The van der Waals surface area contributed by atoms with Gasteiger partial charge in [0, 0.05) is 7.05 Å². The summed E-state index contributed by atoms with van der Waals surface area (Å²) in [5.41, 5.74) is 5.51. The number of benzene rings is 2. The fraction of sp³-hybridized carbons (Fsp3) is 0.150. The lowest BCUT2D eigenvalue weighted by Gasteiger charge is -2.11. The number of fused-ring (bicyclic) bond motifs is 1. The Morgan fingerprint density at radius 3 is 2.59 bits per heavy atom. The van der Waals surface area contributed by atoms with Crippen LogP contribution in [0.1, 0.15) is 21.6 Å². The van der Waals surface area contributed by atoms with Crippen molar-refractivity contribution in [1.29, 1.82) is 0 Å². The average molecular weight is 361 g/mol. The maximum atomic E-state index is 12.8. The van der Waals surface area contributed by atoms with Crippen LogP contribution in [0.4, 0.5) is 5.69 Å². The predicted molar refractivity (Wildman–Crippen MR) is 105 cm³/mol. The first-order valence-electron chi connectivity index (χ1n) is 8.57. The summed E-state index contributed by atoms with van der Waals surface area (Å²) in [5, 5.41) is 7.26. The highest BCUT2D eigenvalue weighted by Gasteiger charge is 2.18. The minimum Gasteiger partial charge on any atom is -0.318 e. The zero-order valence-electron chi connectivity index (χ0n) is 15.3. The molecule has 2 heterocycles. The number of H-pyrrole nitrogens is 2. The SMILES string of the molecule is Cc1cc2[nH]c(=O)[nH]c2c(NC(=O)c2cc(-c3ccccc3)n(C)n2)c1C. The normalized spacial score (nSPS) is 11.1. The number of carbonyl (C=O) groups excluding carboxylic acids is 1. The number of anilines is 1. The zero-order chi connectivity index (χ0) is 19.1. The molecule has 27 heavy (non-hydrogen) atoms. The number of nitrogens with one attached hydrogen (secondary N) is 3. The van der Waals surface area contributed by atoms with Crippen molar-refractivity contribution < 1.29 is 4.79 Å². The highest BCUT2D eigenvalue weighted by molar-refractivity contribution is 6.08. The van der Waals surface area contributed by atoms with E-state index in [1.54, 1.807) is 17.8 Å². The van der Waals surface area contributed by atoms with E-state index in [1.807, 2.05) is 50.2 Å². The molecule has 0 unspecified atom stereocenters. The molecule has 0 aliphatic rings. The monoisotopic (exact) mass is 361 g/mol. The quantitative estimate of drug-likeness (QED) is 0.523. The second kappa shape index (κ2) is 6.28. The molecule has 1 amide bonds. The smallest absolute Gasteiger partial charge is 0.318 e. The molecule has 0 aliphatic heterocycles. The summed E-state index contributed by atoms with van der Waals surface area (Å²) in [6, 6.07) is 13.4. The lowest BCUT2D eigenvalue weighted by molar-refractivity contribution is 0.102. The van der Waals surface area contributed by atoms with E-state index in [0.29, 0.717) is 22.4 Å². The van der Waals surface area contributed by atoms with Crippen molar-refractivity contribution in [3.8, 4) is 11.3 Å². The fourth-order valence-corrected chi connectivity index (χ4v) is 3.20. The van der Waals surface area contributed by atoms with E-state index in [2.05, 4.69) is 20.4 Å². The third kappa shape index (κ3) is 2.93. The Labute approximate surface area is 155 Å². The largest absolute Gasteiger partial charge is 0.323 e. The summed E-state index contributed by atoms with van der Waals surface area (Å²) < 4.78 is 1.68. The van der Waals surface area contributed by atoms with Gasteiger partial charge in [0.1, 0.15) is 0 Å². The second-order valence-electron chi connectivity index (χ2n) is 6.55. The summed E-state index contributed by atoms with van der Waals surface area (Å²) >= 11 is 0. The molecule has 2 aromatic carbocycles. The average Bonchev–Trinajstić information content (AvgIpc) is 3.21. The van der Waals surface area contributed by atoms with E-state index in [9.17, 15) is 9.59 Å². The first kappa shape index (κ1) is 16.8. The molecule has 0 bridgehead atoms. The molecule has 7 heteroatoms. The van der Waals surface area contributed by atoms with Crippen LogP contribution >= 0.6 is 0 Å². The molecule has 0 fully saturated rings. The van der Waals surface area contributed by atoms with Crippen LogP contribution in [0, 0.1) is 13.8 Å². The second-order valence-corrected chi connectivity index (χ2v) is 6.55. The lowest BCUT2D eigenvalue weighted by Crippen LogP contribution is -2.14. The van der Waals surface area contributed by atoms with Gasteiger partial charge in [0.05, 0.1) is 22.4 Å². The van der Waals surface area contributed by atoms with Crippen LogP contribution in [-0.2, 0) is 7.05 Å². The number of hydrogen-bond donors (Lipinski definition) is 3. The van der Waals surface area contributed by atoms with Crippen molar-refractivity contribution in [3.05, 3.63) is 69.8 Å². The summed E-state index contributed by atoms with van der Waals surface area (Å²) in [7, 11) is 1.80. The van der Waals surface area contributed by atoms with Crippen molar-refractivity contribution in [2.75, 3.05) is 5.32 Å². The molecule has 136 valence electrons. The standard InChI is InChI=1S/C20H19N5O2/c1-11-9-14-18(23-20(27)21-14)17(12(11)2)22-19(26)15-10-16(25(3)24-15)13-7-5-4-6-8-13/h4-10H,1-3H3,(H,22,26)(H2,21,23,27). The minimum atomic E-state index is -0.329. The van der Waals surface area contributed by atoms with Gasteiger partial charge in [-0.05, 0) is 42.7 Å². The molecule has 0 radical (unpaired) electrons. The van der Waals surface area contributed by atoms with Crippen LogP contribution in [0.2, 0.25) is 0 Å². The Balaban J connectivity index is 1.73. The van der Waals surface area contributed by atoms with Crippen LogP contribution in [0.5, 0.6) is 0 Å². The first-order chi connectivity index (χ1) is 12.9. The van der Waals surface area contributed by atoms with E-state index in [1.165, 1.54) is 0 Å². The van der Waals surface area contributed by atoms with Crippen molar-refractivity contribution in [3.63, 3.8) is 0 Å². The van der Waals surface area contributed by atoms with E-state index >= 15 is 0 Å². The first-order valence-corrected chi connectivity index (χ1v) is 8.57. The number of imidazole rings is 1. The molecule has 2 aromatic heterocycles. The van der Waals surface area contributed by atoms with Crippen LogP contribution in [0.15, 0.2) is 47.3 Å². The number of aromatic nitrogens is 4. The van der Waals surface area contributed by atoms with Crippen LogP contribution in [0.25, 0.3) is 22.3 Å². The lowest BCUT2D eigenvalue weighted by atomic mass is 10.1. The van der Waals surface area contributed by atoms with Crippen molar-refractivity contribution in [2.24, 2.45) is 7.05 Å². The Hall–Kier alpha value is -3.61. The van der Waals surface area contributed by atoms with E-state index in [0.717, 1.165) is 22.4 Å². The van der Waals surface area contributed by atoms with Crippen molar-refractivity contribution >= 4 is 22.6 Å². The van der Waals surface area contributed by atoms with Crippen molar-refractivity contribution in [1.82, 2.24) is 19.7 Å². The fourth-order valence-electron chi connectivity index (χ4n) is 3.20. The number of rotatable bonds is 3. The molecule has 0 atom stereocenters. The third-order valence-corrected chi connectivity index (χ3v) is 4.75. The number of nitrogens with zero attached hydrogens (tertiary/aromatic N) is 2. The highest BCUT2D eigenvalue weighted by Crippen LogP contribution is 2.28. The van der Waals surface area contributed by atoms with Crippen LogP contribution < -0.4 is 11.0 Å². The molecular weight excluding hydrogens is 342 g/mol. The molecular formula is C20H19N5O2. The van der Waals surface area contributed by atoms with Gasteiger partial charge in [-0.15, -0.1) is 0 Å². The summed E-state index contributed by atoms with van der Waals surface area (Å²) in [6.45, 7) is 3.84. The number of amides is 1. The van der Waals surface area contributed by atoms with Gasteiger partial charge in [-0.3, -0.25) is 9.48 Å². The molecule has 0 aliphatic carbocycles. The topological polar surface area (TPSA) is 95.6 Å². The number of aromatic amines is 2. The highest BCUT2D eigenvalue weighted by atomic mass is 16.2. The summed E-state index contributed by atoms with van der Waals surface area (Å²) in [6.07, 6.45) is 0. The van der Waals surface area contributed by atoms with Gasteiger partial charge >= 0.3 is 5.69 Å². The van der Waals surface area contributed by atoms with Crippen molar-refractivity contribution in [2.45, 2.75) is 13.8 Å². The Morgan fingerprint density at radius 1 is 1.11 bits per heavy atom. The zero-order valence-corrected chi connectivity index (χ0v) is 15.3. The van der Waals surface area contributed by atoms with E-state index in [4.69, 9.17) is 0 Å². The van der Waals surface area contributed by atoms with Crippen LogP contribution in [0.3, 0.4) is 0 Å². The maximum absolute atomic E-state index is 12.8. The molecule has 4 rings (SSSR count). The molecule has 3 N–H and O–H groups in total. The van der Waals surface area contributed by atoms with E-state index in [-0.39, 0.29) is 11.6 Å². The molecule has 0 saturated carbocycles. The molecule has 7 nitrogen and oxygen atoms in total. The summed E-state index contributed by atoms with van der Waals surface area (Å²) in [5.74, 6) is -0.329. The predicted octanol–water partition coefficient (Wildman–Crippen LogP) is 3.13. The maximum Gasteiger partial charge on any atom is 0.323 e. The Bertz CT molecular complexity index is 1210. The van der Waals surface area contributed by atoms with Gasteiger partial charge in [0.2, 0.25) is 0 Å². The van der Waals surface area contributed by atoms with Gasteiger partial charge in [-0.1, -0.05) is 30.3 Å². The Kier molecular flexibility index (Phi) is 3.92. The van der Waals surface area contributed by atoms with Crippen LogP contribution in [-0.4, -0.2) is 25.7 Å². The van der Waals surface area contributed by atoms with E-state index < -0.39 is 0 Å². The summed E-state index contributed by atoms with van der Waals surface area (Å²) in [4.78, 5) is 30.0. The molecule has 4 aromatic rings. The van der Waals surface area contributed by atoms with Gasteiger partial charge < -0.3 is 15.3 Å². The third-order valence-electron chi connectivity index (χ3n) is 4.75. The van der Waals surface area contributed by atoms with Gasteiger partial charge in [0.15, 0.2) is 5.69 Å². The Morgan fingerprint density at radius 2 is 1.85 bits per heavy atom.